The average Bonchev–Trinajstić information content (AvgIpc) is 2.88. The van der Waals surface area contributed by atoms with Crippen molar-refractivity contribution in [2.45, 2.75) is 0 Å². The molecule has 0 radical (unpaired) electrons. The van der Waals surface area contributed by atoms with Gasteiger partial charge in [0, 0.05) is 51.0 Å². The first-order valence-electron chi connectivity index (χ1n) is 10.6. The van der Waals surface area contributed by atoms with Gasteiger partial charge in [0.2, 0.25) is 11.7 Å². The Hall–Kier alpha value is -3.27. The van der Waals surface area contributed by atoms with E-state index in [0.29, 0.717) is 62.2 Å². The lowest BCUT2D eigenvalue weighted by Crippen LogP contribution is -2.49. The van der Waals surface area contributed by atoms with Crippen molar-refractivity contribution in [2.24, 2.45) is 0 Å². The number of hydrogen-bond acceptors (Lipinski definition) is 9. The second kappa shape index (κ2) is 9.90. The highest BCUT2D eigenvalue weighted by Gasteiger charge is 2.26. The fourth-order valence-electron chi connectivity index (χ4n) is 3.96. The second-order valence-electron chi connectivity index (χ2n) is 7.51. The van der Waals surface area contributed by atoms with Crippen LogP contribution in [-0.4, -0.2) is 94.6 Å². The topological polar surface area (TPSA) is 89.5 Å². The molecule has 172 valence electrons. The molecule has 0 aliphatic carbocycles. The van der Waals surface area contributed by atoms with E-state index in [1.54, 1.807) is 25.4 Å². The van der Waals surface area contributed by atoms with Gasteiger partial charge in [0.25, 0.3) is 5.91 Å². The highest BCUT2D eigenvalue weighted by Crippen LogP contribution is 2.38. The average molecular weight is 444 g/mol. The molecule has 2 fully saturated rings. The van der Waals surface area contributed by atoms with Gasteiger partial charge < -0.3 is 33.6 Å². The Morgan fingerprint density at radius 1 is 0.906 bits per heavy atom. The molecule has 0 atom stereocenters. The molecular weight excluding hydrogens is 414 g/mol. The van der Waals surface area contributed by atoms with Crippen molar-refractivity contribution in [2.75, 3.05) is 83.6 Å². The first-order valence-corrected chi connectivity index (χ1v) is 10.6. The van der Waals surface area contributed by atoms with E-state index in [9.17, 15) is 4.79 Å². The van der Waals surface area contributed by atoms with E-state index < -0.39 is 0 Å². The predicted octanol–water partition coefficient (Wildman–Crippen LogP) is 1.30. The molecule has 1 aromatic carbocycles. The number of methoxy groups -OCH3 is 3. The molecule has 10 heteroatoms. The van der Waals surface area contributed by atoms with Crippen LogP contribution < -0.4 is 24.0 Å². The molecule has 0 saturated carbocycles. The van der Waals surface area contributed by atoms with Gasteiger partial charge in [0.15, 0.2) is 11.5 Å². The summed E-state index contributed by atoms with van der Waals surface area (Å²) in [5.74, 6) is 2.93. The SMILES string of the molecule is COc1cc(C(=O)N2CCN(c3ccnc(N4CCOCC4)n3)CC2)cc(OC)c1OC. The van der Waals surface area contributed by atoms with Crippen molar-refractivity contribution in [3.63, 3.8) is 0 Å². The predicted molar refractivity (Wildman–Crippen MR) is 119 cm³/mol. The van der Waals surface area contributed by atoms with Crippen LogP contribution in [0.3, 0.4) is 0 Å². The fourth-order valence-corrected chi connectivity index (χ4v) is 3.96. The molecule has 0 unspecified atom stereocenters. The summed E-state index contributed by atoms with van der Waals surface area (Å²) in [6, 6.07) is 5.30. The van der Waals surface area contributed by atoms with Gasteiger partial charge in [-0.1, -0.05) is 0 Å². The molecule has 2 saturated heterocycles. The van der Waals surface area contributed by atoms with E-state index in [2.05, 4.69) is 14.8 Å². The first kappa shape index (κ1) is 21.9. The highest BCUT2D eigenvalue weighted by molar-refractivity contribution is 5.95. The quantitative estimate of drug-likeness (QED) is 0.655. The van der Waals surface area contributed by atoms with Crippen molar-refractivity contribution in [3.8, 4) is 17.2 Å². The molecule has 1 amide bonds. The molecule has 1 aromatic heterocycles. The monoisotopic (exact) mass is 443 g/mol. The maximum Gasteiger partial charge on any atom is 0.254 e. The second-order valence-corrected chi connectivity index (χ2v) is 7.51. The minimum Gasteiger partial charge on any atom is -0.493 e. The summed E-state index contributed by atoms with van der Waals surface area (Å²) in [7, 11) is 4.62. The fraction of sp³-hybridized carbons (Fsp3) is 0.500. The van der Waals surface area contributed by atoms with Crippen molar-refractivity contribution in [3.05, 3.63) is 30.0 Å². The number of aromatic nitrogens is 2. The zero-order chi connectivity index (χ0) is 22.5. The number of carbonyl (C=O) groups is 1. The molecule has 2 aliphatic heterocycles. The lowest BCUT2D eigenvalue weighted by Gasteiger charge is -2.36. The summed E-state index contributed by atoms with van der Waals surface area (Å²) < 4.78 is 21.5. The van der Waals surface area contributed by atoms with Crippen LogP contribution in [0.1, 0.15) is 10.4 Å². The number of carbonyl (C=O) groups excluding carboxylic acids is 1. The summed E-state index contributed by atoms with van der Waals surface area (Å²) >= 11 is 0. The summed E-state index contributed by atoms with van der Waals surface area (Å²) in [6.45, 7) is 5.52. The Morgan fingerprint density at radius 2 is 1.56 bits per heavy atom. The lowest BCUT2D eigenvalue weighted by molar-refractivity contribution is 0.0745. The van der Waals surface area contributed by atoms with Gasteiger partial charge in [-0.3, -0.25) is 4.79 Å². The molecule has 2 aliphatic rings. The summed E-state index contributed by atoms with van der Waals surface area (Å²) in [5, 5.41) is 0. The smallest absolute Gasteiger partial charge is 0.254 e. The molecule has 0 spiro atoms. The van der Waals surface area contributed by atoms with E-state index in [4.69, 9.17) is 23.9 Å². The van der Waals surface area contributed by atoms with Gasteiger partial charge in [0.1, 0.15) is 5.82 Å². The molecular formula is C22H29N5O5. The first-order chi connectivity index (χ1) is 15.6. The Labute approximate surface area is 187 Å². The number of hydrogen-bond donors (Lipinski definition) is 0. The molecule has 3 heterocycles. The number of anilines is 2. The minimum absolute atomic E-state index is 0.0689. The van der Waals surface area contributed by atoms with Crippen LogP contribution in [0, 0.1) is 0 Å². The highest BCUT2D eigenvalue weighted by atomic mass is 16.5. The van der Waals surface area contributed by atoms with Crippen molar-refractivity contribution in [1.29, 1.82) is 0 Å². The van der Waals surface area contributed by atoms with E-state index in [1.807, 2.05) is 11.0 Å². The van der Waals surface area contributed by atoms with Crippen LogP contribution in [0.25, 0.3) is 0 Å². The van der Waals surface area contributed by atoms with Crippen LogP contribution in [0.5, 0.6) is 17.2 Å². The van der Waals surface area contributed by atoms with E-state index in [0.717, 1.165) is 24.9 Å². The van der Waals surface area contributed by atoms with Crippen molar-refractivity contribution < 1.29 is 23.7 Å². The van der Waals surface area contributed by atoms with Gasteiger partial charge in [-0.05, 0) is 18.2 Å². The van der Waals surface area contributed by atoms with Crippen LogP contribution >= 0.6 is 0 Å². The number of rotatable bonds is 6. The van der Waals surface area contributed by atoms with Crippen LogP contribution in [0.4, 0.5) is 11.8 Å². The van der Waals surface area contributed by atoms with Gasteiger partial charge in [-0.2, -0.15) is 4.98 Å². The Kier molecular flexibility index (Phi) is 6.79. The molecule has 2 aromatic rings. The lowest BCUT2D eigenvalue weighted by atomic mass is 10.1. The van der Waals surface area contributed by atoms with E-state index >= 15 is 0 Å². The molecule has 0 bridgehead atoms. The summed E-state index contributed by atoms with van der Waals surface area (Å²) in [5.41, 5.74) is 0.504. The van der Waals surface area contributed by atoms with E-state index in [1.165, 1.54) is 14.2 Å². The molecule has 32 heavy (non-hydrogen) atoms. The van der Waals surface area contributed by atoms with E-state index in [-0.39, 0.29) is 5.91 Å². The number of benzene rings is 1. The number of amides is 1. The Morgan fingerprint density at radius 3 is 2.16 bits per heavy atom. The third-order valence-electron chi connectivity index (χ3n) is 5.72. The van der Waals surface area contributed by atoms with Crippen LogP contribution in [0.15, 0.2) is 24.4 Å². The number of ether oxygens (including phenoxy) is 4. The number of nitrogens with zero attached hydrogens (tertiary/aromatic N) is 5. The van der Waals surface area contributed by atoms with Gasteiger partial charge in [-0.25, -0.2) is 4.98 Å². The van der Waals surface area contributed by atoms with Crippen LogP contribution in [0.2, 0.25) is 0 Å². The third-order valence-corrected chi connectivity index (χ3v) is 5.72. The minimum atomic E-state index is -0.0689. The van der Waals surface area contributed by atoms with Gasteiger partial charge >= 0.3 is 0 Å². The van der Waals surface area contributed by atoms with Crippen LogP contribution in [-0.2, 0) is 4.74 Å². The van der Waals surface area contributed by atoms with Crippen molar-refractivity contribution >= 4 is 17.7 Å². The number of morpholine rings is 1. The summed E-state index contributed by atoms with van der Waals surface area (Å²) in [6.07, 6.45) is 1.79. The zero-order valence-electron chi connectivity index (χ0n) is 18.7. The maximum absolute atomic E-state index is 13.2. The standard InChI is InChI=1S/C22H29N5O5/c1-29-17-14-16(15-18(30-2)20(17)31-3)21(28)26-8-6-25(7-9-26)19-4-5-23-22(24-19)27-10-12-32-13-11-27/h4-5,14-15H,6-13H2,1-3H3. The largest absolute Gasteiger partial charge is 0.493 e. The molecule has 10 nitrogen and oxygen atoms in total. The van der Waals surface area contributed by atoms with Gasteiger partial charge in [-0.15, -0.1) is 0 Å². The third kappa shape index (κ3) is 4.50. The zero-order valence-corrected chi connectivity index (χ0v) is 18.7. The number of piperazine rings is 1. The Balaban J connectivity index is 1.43. The maximum atomic E-state index is 13.2. The normalized spacial score (nSPS) is 16.7. The summed E-state index contributed by atoms with van der Waals surface area (Å²) in [4.78, 5) is 28.5. The molecule has 0 N–H and O–H groups in total. The molecule has 4 rings (SSSR count). The van der Waals surface area contributed by atoms with Crippen molar-refractivity contribution in [1.82, 2.24) is 14.9 Å². The van der Waals surface area contributed by atoms with Gasteiger partial charge in [0.05, 0.1) is 34.5 Å². The Bertz CT molecular complexity index is 917.